The molecule has 0 fully saturated rings. The second-order valence-corrected chi connectivity index (χ2v) is 9.54. The smallest absolute Gasteiger partial charge is 0.267 e. The van der Waals surface area contributed by atoms with Crippen LogP contribution in [0.4, 0.5) is 13.2 Å². The highest BCUT2D eigenvalue weighted by Gasteiger charge is 2.35. The number of fused-ring (bicyclic) bond motifs is 1. The molecule has 0 atom stereocenters. The summed E-state index contributed by atoms with van der Waals surface area (Å²) in [6.45, 7) is 0.0581. The maximum absolute atomic E-state index is 12.9. The summed E-state index contributed by atoms with van der Waals surface area (Å²) in [5.74, 6) is 0. The molecule has 0 amide bonds. The van der Waals surface area contributed by atoms with Crippen molar-refractivity contribution >= 4 is 32.3 Å². The van der Waals surface area contributed by atoms with Gasteiger partial charge in [-0.2, -0.15) is 18.3 Å². The monoisotopic (exact) mass is 452 g/mol. The molecular weight excluding hydrogens is 437 g/mol. The van der Waals surface area contributed by atoms with Gasteiger partial charge in [0.15, 0.2) is 5.69 Å². The fourth-order valence-corrected chi connectivity index (χ4v) is 5.40. The number of pyridine rings is 1. The van der Waals surface area contributed by atoms with Crippen molar-refractivity contribution in [2.45, 2.75) is 16.9 Å². The molecule has 0 saturated carbocycles. The van der Waals surface area contributed by atoms with Gasteiger partial charge < -0.3 is 0 Å². The van der Waals surface area contributed by atoms with E-state index in [9.17, 15) is 21.6 Å². The SMILES string of the molecule is Cn1nc(C(F)(F)F)cc1-c1ccc(S(=O)(=O)NCc2ccnc3ccccc23)s1. The van der Waals surface area contributed by atoms with Crippen LogP contribution in [-0.4, -0.2) is 23.2 Å². The number of nitrogens with zero attached hydrogens (tertiary/aromatic N) is 3. The number of para-hydroxylation sites is 1. The zero-order chi connectivity index (χ0) is 21.5. The Hall–Kier alpha value is -2.76. The average molecular weight is 452 g/mol. The Morgan fingerprint density at radius 3 is 2.63 bits per heavy atom. The van der Waals surface area contributed by atoms with Crippen LogP contribution in [0.1, 0.15) is 11.3 Å². The number of nitrogens with one attached hydrogen (secondary N) is 1. The van der Waals surface area contributed by atoms with Crippen molar-refractivity contribution in [3.05, 3.63) is 66.0 Å². The lowest BCUT2D eigenvalue weighted by Crippen LogP contribution is -2.22. The molecule has 0 unspecified atom stereocenters. The van der Waals surface area contributed by atoms with E-state index in [0.29, 0.717) is 4.88 Å². The number of aromatic nitrogens is 3. The summed E-state index contributed by atoms with van der Waals surface area (Å²) in [5, 5.41) is 4.30. The van der Waals surface area contributed by atoms with Crippen LogP contribution in [0, 0.1) is 0 Å². The van der Waals surface area contributed by atoms with Crippen LogP contribution in [-0.2, 0) is 29.8 Å². The number of benzene rings is 1. The predicted molar refractivity (Wildman–Crippen MR) is 107 cm³/mol. The molecule has 0 spiro atoms. The summed E-state index contributed by atoms with van der Waals surface area (Å²) in [7, 11) is -2.47. The average Bonchev–Trinajstić information content (AvgIpc) is 3.33. The van der Waals surface area contributed by atoms with Crippen molar-refractivity contribution in [1.82, 2.24) is 19.5 Å². The number of hydrogen-bond acceptors (Lipinski definition) is 5. The number of thiophene rings is 1. The molecule has 1 aromatic carbocycles. The van der Waals surface area contributed by atoms with Gasteiger partial charge in [0, 0.05) is 25.2 Å². The summed E-state index contributed by atoms with van der Waals surface area (Å²) in [6, 6.07) is 12.9. The van der Waals surface area contributed by atoms with Crippen molar-refractivity contribution in [2.24, 2.45) is 7.05 Å². The van der Waals surface area contributed by atoms with E-state index in [2.05, 4.69) is 14.8 Å². The van der Waals surface area contributed by atoms with E-state index in [1.54, 1.807) is 12.3 Å². The molecule has 30 heavy (non-hydrogen) atoms. The predicted octanol–water partition coefficient (Wildman–Crippen LogP) is 4.19. The van der Waals surface area contributed by atoms with Gasteiger partial charge in [-0.15, -0.1) is 11.3 Å². The van der Waals surface area contributed by atoms with Crippen molar-refractivity contribution in [3.8, 4) is 10.6 Å². The fraction of sp³-hybridized carbons (Fsp3) is 0.158. The first-order valence-electron chi connectivity index (χ1n) is 8.69. The van der Waals surface area contributed by atoms with Gasteiger partial charge in [0.2, 0.25) is 10.0 Å². The minimum Gasteiger partial charge on any atom is -0.267 e. The van der Waals surface area contributed by atoms with Crippen LogP contribution in [0.3, 0.4) is 0 Å². The highest BCUT2D eigenvalue weighted by molar-refractivity contribution is 7.91. The normalized spacial score (nSPS) is 12.5. The van der Waals surface area contributed by atoms with Crippen molar-refractivity contribution in [1.29, 1.82) is 0 Å². The molecule has 4 rings (SSSR count). The van der Waals surface area contributed by atoms with Gasteiger partial charge in [0.1, 0.15) is 4.21 Å². The molecule has 0 bridgehead atoms. The molecule has 11 heteroatoms. The van der Waals surface area contributed by atoms with Crippen LogP contribution in [0.15, 0.2) is 58.9 Å². The third-order valence-electron chi connectivity index (χ3n) is 4.46. The summed E-state index contributed by atoms with van der Waals surface area (Å²) >= 11 is 0.879. The Kier molecular flexibility index (Phi) is 5.12. The van der Waals surface area contributed by atoms with Crippen LogP contribution in [0.2, 0.25) is 0 Å². The van der Waals surface area contributed by atoms with E-state index in [0.717, 1.165) is 38.6 Å². The molecule has 0 radical (unpaired) electrons. The molecule has 156 valence electrons. The van der Waals surface area contributed by atoms with E-state index in [4.69, 9.17) is 0 Å². The van der Waals surface area contributed by atoms with Gasteiger partial charge in [0.25, 0.3) is 0 Å². The molecule has 4 aromatic rings. The molecule has 0 aliphatic carbocycles. The number of hydrogen-bond donors (Lipinski definition) is 1. The molecular formula is C19H15F3N4O2S2. The largest absolute Gasteiger partial charge is 0.435 e. The maximum Gasteiger partial charge on any atom is 0.435 e. The molecule has 0 aliphatic rings. The Labute approximate surface area is 174 Å². The van der Waals surface area contributed by atoms with E-state index < -0.39 is 21.9 Å². The first-order valence-corrected chi connectivity index (χ1v) is 11.0. The molecule has 1 N–H and O–H groups in total. The topological polar surface area (TPSA) is 76.9 Å². The molecule has 3 aromatic heterocycles. The van der Waals surface area contributed by atoms with Crippen LogP contribution < -0.4 is 4.72 Å². The highest BCUT2D eigenvalue weighted by atomic mass is 32.2. The number of rotatable bonds is 5. The van der Waals surface area contributed by atoms with Gasteiger partial charge in [-0.25, -0.2) is 13.1 Å². The highest BCUT2D eigenvalue weighted by Crippen LogP contribution is 2.35. The first kappa shape index (κ1) is 20.5. The number of alkyl halides is 3. The van der Waals surface area contributed by atoms with E-state index >= 15 is 0 Å². The van der Waals surface area contributed by atoms with Crippen molar-refractivity contribution in [2.75, 3.05) is 0 Å². The number of sulfonamides is 1. The minimum absolute atomic E-state index is 0.00520. The van der Waals surface area contributed by atoms with Gasteiger partial charge >= 0.3 is 6.18 Å². The molecule has 0 saturated heterocycles. The second-order valence-electron chi connectivity index (χ2n) is 6.47. The number of aryl methyl sites for hydroxylation is 1. The zero-order valence-corrected chi connectivity index (χ0v) is 17.1. The van der Waals surface area contributed by atoms with Crippen LogP contribution in [0.5, 0.6) is 0 Å². The van der Waals surface area contributed by atoms with Gasteiger partial charge in [-0.05, 0) is 35.9 Å². The molecule has 3 heterocycles. The number of halogens is 3. The fourth-order valence-electron chi connectivity index (χ4n) is 2.99. The Morgan fingerprint density at radius 1 is 1.13 bits per heavy atom. The minimum atomic E-state index is -4.57. The third-order valence-corrected chi connectivity index (χ3v) is 7.46. The maximum atomic E-state index is 12.9. The third kappa shape index (κ3) is 3.95. The lowest BCUT2D eigenvalue weighted by molar-refractivity contribution is -0.141. The van der Waals surface area contributed by atoms with Crippen molar-refractivity contribution in [3.63, 3.8) is 0 Å². The first-order chi connectivity index (χ1) is 14.1. The van der Waals surface area contributed by atoms with Gasteiger partial charge in [-0.1, -0.05) is 18.2 Å². The van der Waals surface area contributed by atoms with Crippen LogP contribution in [0.25, 0.3) is 21.5 Å². The Bertz CT molecular complexity index is 1320. The van der Waals surface area contributed by atoms with Crippen molar-refractivity contribution < 1.29 is 21.6 Å². The summed E-state index contributed by atoms with van der Waals surface area (Å²) in [4.78, 5) is 4.62. The summed E-state index contributed by atoms with van der Waals surface area (Å²) < 4.78 is 67.7. The van der Waals surface area contributed by atoms with Gasteiger partial charge in [-0.3, -0.25) is 9.67 Å². The lowest BCUT2D eigenvalue weighted by Gasteiger charge is -2.07. The van der Waals surface area contributed by atoms with E-state index in [-0.39, 0.29) is 16.4 Å². The molecule has 6 nitrogen and oxygen atoms in total. The summed E-state index contributed by atoms with van der Waals surface area (Å²) in [6.07, 6.45) is -2.97. The quantitative estimate of drug-likeness (QED) is 0.493. The Morgan fingerprint density at radius 2 is 1.90 bits per heavy atom. The van der Waals surface area contributed by atoms with Gasteiger partial charge in [0.05, 0.1) is 16.1 Å². The van der Waals surface area contributed by atoms with E-state index in [1.165, 1.54) is 19.2 Å². The van der Waals surface area contributed by atoms with Crippen LogP contribution >= 0.6 is 11.3 Å². The summed E-state index contributed by atoms with van der Waals surface area (Å²) in [5.41, 5.74) is 0.682. The molecule has 0 aliphatic heterocycles. The standard InChI is InChI=1S/C19H15F3N4O2S2/c1-26-15(10-17(25-26)19(20,21)22)16-6-7-18(29-16)30(27,28)24-11-12-8-9-23-14-5-3-2-4-13(12)14/h2-10,24H,11H2,1H3. The lowest BCUT2D eigenvalue weighted by atomic mass is 10.1. The van der Waals surface area contributed by atoms with E-state index in [1.807, 2.05) is 24.3 Å². The second kappa shape index (κ2) is 7.49. The Balaban J connectivity index is 1.58. The zero-order valence-electron chi connectivity index (χ0n) is 15.5.